The van der Waals surface area contributed by atoms with Gasteiger partial charge in [-0.2, -0.15) is 5.10 Å². The van der Waals surface area contributed by atoms with Crippen LogP contribution in [0.3, 0.4) is 0 Å². The van der Waals surface area contributed by atoms with Crippen LogP contribution in [0.15, 0.2) is 18.3 Å². The van der Waals surface area contributed by atoms with Crippen LogP contribution in [0.25, 0.3) is 10.9 Å². The first-order valence-electron chi connectivity index (χ1n) is 7.65. The first-order chi connectivity index (χ1) is 10.1. The summed E-state index contributed by atoms with van der Waals surface area (Å²) in [5.74, 6) is 0. The number of benzene rings is 1. The Balaban J connectivity index is 2.04. The Kier molecular flexibility index (Phi) is 3.59. The average molecular weight is 321 g/mol. The Bertz CT molecular complexity index is 708. The van der Waals surface area contributed by atoms with E-state index in [2.05, 4.69) is 18.9 Å². The molecule has 118 valence electrons. The van der Waals surface area contributed by atoms with Crippen LogP contribution in [0.4, 0.5) is 0 Å². The normalized spacial score (nSPS) is 20.3. The van der Waals surface area contributed by atoms with Crippen molar-refractivity contribution in [2.75, 3.05) is 0 Å². The highest BCUT2D eigenvalue weighted by molar-refractivity contribution is 6.66. The second kappa shape index (κ2) is 4.98. The summed E-state index contributed by atoms with van der Waals surface area (Å²) in [6.07, 6.45) is 1.98. The summed E-state index contributed by atoms with van der Waals surface area (Å²) in [6, 6.07) is 4.22. The third-order valence-corrected chi connectivity index (χ3v) is 5.13. The summed E-state index contributed by atoms with van der Waals surface area (Å²) in [6.45, 7) is 12.3. The molecule has 0 unspecified atom stereocenters. The van der Waals surface area contributed by atoms with Gasteiger partial charge >= 0.3 is 7.12 Å². The number of fused-ring (bicyclic) bond motifs is 1. The van der Waals surface area contributed by atoms with Crippen LogP contribution in [0, 0.1) is 0 Å². The molecule has 0 radical (unpaired) electrons. The molecule has 2 heterocycles. The van der Waals surface area contributed by atoms with E-state index in [1.807, 2.05) is 50.7 Å². The van der Waals surface area contributed by atoms with E-state index in [9.17, 15) is 0 Å². The van der Waals surface area contributed by atoms with Gasteiger partial charge < -0.3 is 9.31 Å². The van der Waals surface area contributed by atoms with Crippen molar-refractivity contribution in [2.24, 2.45) is 0 Å². The van der Waals surface area contributed by atoms with Crippen LogP contribution in [0.1, 0.15) is 47.6 Å². The first-order valence-corrected chi connectivity index (χ1v) is 8.03. The molecule has 6 heteroatoms. The third-order valence-electron chi connectivity index (χ3n) is 4.71. The molecule has 0 saturated carbocycles. The SMILES string of the molecule is CC(C)n1cc2c(Cl)c(B3OC(C)(C)C(C)(C)O3)ccc2n1. The van der Waals surface area contributed by atoms with E-state index in [-0.39, 0.29) is 11.2 Å². The number of nitrogens with zero attached hydrogens (tertiary/aromatic N) is 2. The number of rotatable bonds is 2. The van der Waals surface area contributed by atoms with E-state index in [4.69, 9.17) is 20.9 Å². The largest absolute Gasteiger partial charge is 0.496 e. The van der Waals surface area contributed by atoms with Gasteiger partial charge in [-0.25, -0.2) is 0 Å². The van der Waals surface area contributed by atoms with Gasteiger partial charge in [-0.1, -0.05) is 17.7 Å². The first kappa shape index (κ1) is 15.8. The molecule has 1 saturated heterocycles. The lowest BCUT2D eigenvalue weighted by atomic mass is 9.78. The number of hydrogen-bond acceptors (Lipinski definition) is 3. The summed E-state index contributed by atoms with van der Waals surface area (Å²) in [4.78, 5) is 0. The van der Waals surface area contributed by atoms with E-state index in [0.717, 1.165) is 16.4 Å². The van der Waals surface area contributed by atoms with Crippen LogP contribution < -0.4 is 5.46 Å². The molecule has 0 spiro atoms. The van der Waals surface area contributed by atoms with Gasteiger partial charge in [0, 0.05) is 23.1 Å². The zero-order valence-electron chi connectivity index (χ0n) is 14.0. The third kappa shape index (κ3) is 2.36. The van der Waals surface area contributed by atoms with Gasteiger partial charge in [0.2, 0.25) is 0 Å². The van der Waals surface area contributed by atoms with E-state index in [1.54, 1.807) is 0 Å². The fourth-order valence-electron chi connectivity index (χ4n) is 2.51. The molecule has 1 aliphatic rings. The van der Waals surface area contributed by atoms with Gasteiger partial charge in [-0.15, -0.1) is 0 Å². The highest BCUT2D eigenvalue weighted by Crippen LogP contribution is 2.37. The minimum atomic E-state index is -0.454. The molecular formula is C16H22BClN2O2. The van der Waals surface area contributed by atoms with Gasteiger partial charge in [0.05, 0.1) is 21.7 Å². The van der Waals surface area contributed by atoms with Crippen LogP contribution in [-0.2, 0) is 9.31 Å². The van der Waals surface area contributed by atoms with Crippen molar-refractivity contribution in [3.05, 3.63) is 23.4 Å². The Labute approximate surface area is 136 Å². The Morgan fingerprint density at radius 3 is 2.27 bits per heavy atom. The van der Waals surface area contributed by atoms with Crippen LogP contribution in [0.2, 0.25) is 5.02 Å². The minimum absolute atomic E-state index is 0.295. The lowest BCUT2D eigenvalue weighted by molar-refractivity contribution is 0.00578. The van der Waals surface area contributed by atoms with Crippen molar-refractivity contribution in [1.82, 2.24) is 9.78 Å². The topological polar surface area (TPSA) is 36.3 Å². The standard InChI is InChI=1S/C16H22BClN2O2/c1-10(2)20-9-11-13(19-20)8-7-12(14(11)18)17-21-15(3,4)16(5,6)22-17/h7-10H,1-6H3. The van der Waals surface area contributed by atoms with E-state index >= 15 is 0 Å². The predicted octanol–water partition coefficient (Wildman–Crippen LogP) is 3.57. The lowest BCUT2D eigenvalue weighted by Gasteiger charge is -2.32. The van der Waals surface area contributed by atoms with Crippen molar-refractivity contribution in [3.63, 3.8) is 0 Å². The van der Waals surface area contributed by atoms with Gasteiger partial charge in [-0.3, -0.25) is 4.68 Å². The molecule has 2 aromatic rings. The van der Waals surface area contributed by atoms with Gasteiger partial charge in [0.1, 0.15) is 0 Å². The average Bonchev–Trinajstić information content (AvgIpc) is 2.90. The number of hydrogen-bond donors (Lipinski definition) is 0. The second-order valence-corrected chi connectivity index (χ2v) is 7.57. The number of aromatic nitrogens is 2. The van der Waals surface area contributed by atoms with Gasteiger partial charge in [0.15, 0.2) is 0 Å². The van der Waals surface area contributed by atoms with Gasteiger partial charge in [0.25, 0.3) is 0 Å². The summed E-state index contributed by atoms with van der Waals surface area (Å²) < 4.78 is 14.1. The maximum absolute atomic E-state index is 6.61. The summed E-state index contributed by atoms with van der Waals surface area (Å²) in [5, 5.41) is 6.14. The smallest absolute Gasteiger partial charge is 0.399 e. The molecule has 0 amide bonds. The zero-order valence-corrected chi connectivity index (χ0v) is 14.7. The van der Waals surface area contributed by atoms with Gasteiger partial charge in [-0.05, 0) is 47.6 Å². The lowest BCUT2D eigenvalue weighted by Crippen LogP contribution is -2.41. The van der Waals surface area contributed by atoms with Crippen LogP contribution in [0.5, 0.6) is 0 Å². The predicted molar refractivity (Wildman–Crippen MR) is 90.8 cm³/mol. The molecule has 1 aliphatic heterocycles. The molecule has 0 atom stereocenters. The number of halogens is 1. The fraction of sp³-hybridized carbons (Fsp3) is 0.562. The Morgan fingerprint density at radius 2 is 1.73 bits per heavy atom. The van der Waals surface area contributed by atoms with Crippen LogP contribution in [-0.4, -0.2) is 28.1 Å². The monoisotopic (exact) mass is 320 g/mol. The fourth-order valence-corrected chi connectivity index (χ4v) is 2.81. The molecule has 1 aromatic heterocycles. The molecule has 0 bridgehead atoms. The molecule has 0 N–H and O–H groups in total. The van der Waals surface area contributed by atoms with Crippen molar-refractivity contribution in [3.8, 4) is 0 Å². The summed E-state index contributed by atoms with van der Waals surface area (Å²) >= 11 is 6.61. The minimum Gasteiger partial charge on any atom is -0.399 e. The highest BCUT2D eigenvalue weighted by Gasteiger charge is 2.52. The molecule has 4 nitrogen and oxygen atoms in total. The van der Waals surface area contributed by atoms with E-state index in [1.165, 1.54) is 0 Å². The maximum Gasteiger partial charge on any atom is 0.496 e. The Morgan fingerprint density at radius 1 is 1.14 bits per heavy atom. The quantitative estimate of drug-likeness (QED) is 0.794. The molecule has 3 rings (SSSR count). The van der Waals surface area contributed by atoms with Crippen molar-refractivity contribution in [2.45, 2.75) is 58.8 Å². The second-order valence-electron chi connectivity index (χ2n) is 7.19. The molecule has 1 aromatic carbocycles. The highest BCUT2D eigenvalue weighted by atomic mass is 35.5. The van der Waals surface area contributed by atoms with E-state index in [0.29, 0.717) is 11.1 Å². The van der Waals surface area contributed by atoms with Crippen LogP contribution >= 0.6 is 11.6 Å². The summed E-state index contributed by atoms with van der Waals surface area (Å²) in [5.41, 5.74) is 0.992. The van der Waals surface area contributed by atoms with Crippen molar-refractivity contribution in [1.29, 1.82) is 0 Å². The van der Waals surface area contributed by atoms with E-state index < -0.39 is 7.12 Å². The molecular weight excluding hydrogens is 298 g/mol. The van der Waals surface area contributed by atoms with Crippen molar-refractivity contribution < 1.29 is 9.31 Å². The zero-order chi connectivity index (χ0) is 16.3. The Hall–Kier alpha value is -1.04. The van der Waals surface area contributed by atoms with Crippen molar-refractivity contribution >= 4 is 35.1 Å². The molecule has 0 aliphatic carbocycles. The maximum atomic E-state index is 6.61. The molecule has 22 heavy (non-hydrogen) atoms. The molecule has 1 fully saturated rings. The summed E-state index contributed by atoms with van der Waals surface area (Å²) in [7, 11) is -0.454.